The lowest BCUT2D eigenvalue weighted by Gasteiger charge is -2.18. The third-order valence-electron chi connectivity index (χ3n) is 3.30. The van der Waals surface area contributed by atoms with Gasteiger partial charge in [-0.05, 0) is 36.4 Å². The zero-order chi connectivity index (χ0) is 18.0. The number of hydrogen-bond donors (Lipinski definition) is 2. The number of benzene rings is 2. The number of hydrogen-bond acceptors (Lipinski definition) is 5. The fourth-order valence-electron chi connectivity index (χ4n) is 2.07. The highest BCUT2D eigenvalue weighted by atomic mass is 32.2. The van der Waals surface area contributed by atoms with Crippen LogP contribution in [0.1, 0.15) is 10.4 Å². The molecular weight excluding hydrogens is 358 g/mol. The minimum atomic E-state index is -4.26. The number of hydrazine groups is 1. The van der Waals surface area contributed by atoms with Gasteiger partial charge in [-0.25, -0.2) is 17.2 Å². The fourth-order valence-corrected chi connectivity index (χ4v) is 2.92. The van der Waals surface area contributed by atoms with Gasteiger partial charge in [0.15, 0.2) is 23.1 Å². The van der Waals surface area contributed by atoms with E-state index in [9.17, 15) is 22.0 Å². The average molecular weight is 370 g/mol. The molecule has 3 rings (SSSR count). The second-order valence-electron chi connectivity index (χ2n) is 4.99. The van der Waals surface area contributed by atoms with Crippen LogP contribution in [-0.4, -0.2) is 27.5 Å². The van der Waals surface area contributed by atoms with Crippen LogP contribution in [0.3, 0.4) is 0 Å². The molecule has 2 aromatic carbocycles. The predicted molar refractivity (Wildman–Crippen MR) is 81.6 cm³/mol. The molecule has 0 atom stereocenters. The van der Waals surface area contributed by atoms with Crippen molar-refractivity contribution in [3.05, 3.63) is 53.6 Å². The van der Waals surface area contributed by atoms with Crippen LogP contribution in [0.4, 0.5) is 8.78 Å². The Morgan fingerprint density at radius 2 is 1.68 bits per heavy atom. The Morgan fingerprint density at radius 3 is 2.40 bits per heavy atom. The molecule has 25 heavy (non-hydrogen) atoms. The maximum atomic E-state index is 13.2. The molecule has 2 aromatic rings. The third-order valence-corrected chi connectivity index (χ3v) is 4.55. The minimum Gasteiger partial charge on any atom is -0.486 e. The highest BCUT2D eigenvalue weighted by Gasteiger charge is 2.19. The van der Waals surface area contributed by atoms with E-state index in [1.165, 1.54) is 18.2 Å². The first-order valence-electron chi connectivity index (χ1n) is 7.04. The lowest BCUT2D eigenvalue weighted by molar-refractivity contribution is 0.0944. The second-order valence-corrected chi connectivity index (χ2v) is 6.68. The topological polar surface area (TPSA) is 93.7 Å². The first kappa shape index (κ1) is 17.1. The van der Waals surface area contributed by atoms with Gasteiger partial charge in [-0.1, -0.05) is 0 Å². The van der Waals surface area contributed by atoms with Crippen molar-refractivity contribution in [3.8, 4) is 11.5 Å². The minimum absolute atomic E-state index is 0.122. The molecular formula is C15H12F2N2O5S. The molecule has 0 spiro atoms. The zero-order valence-corrected chi connectivity index (χ0v) is 13.4. The quantitative estimate of drug-likeness (QED) is 0.793. The van der Waals surface area contributed by atoms with Gasteiger partial charge in [0, 0.05) is 5.56 Å². The van der Waals surface area contributed by atoms with E-state index in [0.29, 0.717) is 36.8 Å². The van der Waals surface area contributed by atoms with Gasteiger partial charge in [-0.15, -0.1) is 4.83 Å². The molecule has 132 valence electrons. The molecule has 0 radical (unpaired) electrons. The molecule has 1 heterocycles. The lowest BCUT2D eigenvalue weighted by atomic mass is 10.2. The van der Waals surface area contributed by atoms with Crippen molar-refractivity contribution in [2.45, 2.75) is 4.90 Å². The summed E-state index contributed by atoms with van der Waals surface area (Å²) < 4.78 is 60.7. The van der Waals surface area contributed by atoms with Crippen molar-refractivity contribution < 1.29 is 31.5 Å². The molecule has 0 aromatic heterocycles. The van der Waals surface area contributed by atoms with Crippen LogP contribution >= 0.6 is 0 Å². The lowest BCUT2D eigenvalue weighted by Crippen LogP contribution is -2.41. The molecule has 2 N–H and O–H groups in total. The molecule has 1 aliphatic heterocycles. The van der Waals surface area contributed by atoms with Crippen molar-refractivity contribution in [1.29, 1.82) is 0 Å². The van der Waals surface area contributed by atoms with Crippen molar-refractivity contribution >= 4 is 15.9 Å². The molecule has 0 saturated carbocycles. The Kier molecular flexibility index (Phi) is 4.55. The van der Waals surface area contributed by atoms with Crippen LogP contribution in [0.5, 0.6) is 11.5 Å². The smallest absolute Gasteiger partial charge is 0.266 e. The molecule has 10 heteroatoms. The number of rotatable bonds is 4. The van der Waals surface area contributed by atoms with Crippen molar-refractivity contribution in [2.24, 2.45) is 0 Å². The van der Waals surface area contributed by atoms with Gasteiger partial charge in [0.05, 0.1) is 4.90 Å². The standard InChI is InChI=1S/C15H12F2N2O5S/c16-11-3-2-10(8-12(11)17)25(21,22)19-18-15(20)9-1-4-13-14(7-9)24-6-5-23-13/h1-4,7-8,19H,5-6H2,(H,18,20). The van der Waals surface area contributed by atoms with Gasteiger partial charge >= 0.3 is 0 Å². The Hall–Kier alpha value is -2.72. The van der Waals surface area contributed by atoms with Crippen molar-refractivity contribution in [2.75, 3.05) is 13.2 Å². The van der Waals surface area contributed by atoms with Crippen LogP contribution in [0, 0.1) is 11.6 Å². The van der Waals surface area contributed by atoms with Crippen LogP contribution in [0.25, 0.3) is 0 Å². The summed E-state index contributed by atoms with van der Waals surface area (Å²) in [6.45, 7) is 0.730. The predicted octanol–water partition coefficient (Wildman–Crippen LogP) is 1.36. The third kappa shape index (κ3) is 3.69. The molecule has 0 fully saturated rings. The van der Waals surface area contributed by atoms with E-state index in [1.54, 1.807) is 0 Å². The zero-order valence-electron chi connectivity index (χ0n) is 12.6. The van der Waals surface area contributed by atoms with Crippen molar-refractivity contribution in [3.63, 3.8) is 0 Å². The summed E-state index contributed by atoms with van der Waals surface area (Å²) in [6.07, 6.45) is 0. The van der Waals surface area contributed by atoms with E-state index in [2.05, 4.69) is 0 Å². The summed E-state index contributed by atoms with van der Waals surface area (Å²) in [5.41, 5.74) is 2.11. The van der Waals surface area contributed by atoms with E-state index in [0.717, 1.165) is 6.07 Å². The molecule has 1 amide bonds. The Bertz CT molecular complexity index is 934. The van der Waals surface area contributed by atoms with Crippen LogP contribution in [0.15, 0.2) is 41.3 Å². The summed E-state index contributed by atoms with van der Waals surface area (Å²) in [7, 11) is -4.26. The summed E-state index contributed by atoms with van der Waals surface area (Å²) in [4.78, 5) is 13.3. The Balaban J connectivity index is 1.72. The normalized spacial score (nSPS) is 13.4. The molecule has 1 aliphatic rings. The van der Waals surface area contributed by atoms with Gasteiger partial charge in [0.2, 0.25) is 0 Å². The molecule has 0 aliphatic carbocycles. The highest BCUT2D eigenvalue weighted by molar-refractivity contribution is 7.89. The van der Waals surface area contributed by atoms with Crippen molar-refractivity contribution in [1.82, 2.24) is 10.3 Å². The second kappa shape index (κ2) is 6.65. The van der Waals surface area contributed by atoms with E-state index in [-0.39, 0.29) is 5.56 Å². The average Bonchev–Trinajstić information content (AvgIpc) is 2.61. The summed E-state index contributed by atoms with van der Waals surface area (Å²) in [5.74, 6) is -2.42. The van der Waals surface area contributed by atoms with Gasteiger partial charge < -0.3 is 9.47 Å². The number of sulfonamides is 1. The number of ether oxygens (including phenoxy) is 2. The maximum absolute atomic E-state index is 13.2. The Labute approximate surface area is 141 Å². The van der Waals surface area contributed by atoms with Gasteiger partial charge in [-0.3, -0.25) is 10.2 Å². The Morgan fingerprint density at radius 1 is 0.960 bits per heavy atom. The molecule has 7 nitrogen and oxygen atoms in total. The largest absolute Gasteiger partial charge is 0.486 e. The van der Waals surface area contributed by atoms with Crippen LogP contribution in [0.2, 0.25) is 0 Å². The number of fused-ring (bicyclic) bond motifs is 1. The van der Waals surface area contributed by atoms with Gasteiger partial charge in [0.1, 0.15) is 13.2 Å². The maximum Gasteiger partial charge on any atom is 0.266 e. The SMILES string of the molecule is O=C(NNS(=O)(=O)c1ccc(F)c(F)c1)c1ccc2c(c1)OCCO2. The van der Waals surface area contributed by atoms with E-state index < -0.39 is 32.5 Å². The van der Waals surface area contributed by atoms with E-state index in [1.807, 2.05) is 10.3 Å². The highest BCUT2D eigenvalue weighted by Crippen LogP contribution is 2.30. The number of carbonyl (C=O) groups is 1. The van der Waals surface area contributed by atoms with E-state index >= 15 is 0 Å². The fraction of sp³-hybridized carbons (Fsp3) is 0.133. The van der Waals surface area contributed by atoms with Gasteiger partial charge in [-0.2, -0.15) is 0 Å². The summed E-state index contributed by atoms with van der Waals surface area (Å²) >= 11 is 0. The first-order chi connectivity index (χ1) is 11.9. The van der Waals surface area contributed by atoms with Crippen LogP contribution < -0.4 is 19.7 Å². The van der Waals surface area contributed by atoms with Crippen LogP contribution in [-0.2, 0) is 10.0 Å². The first-order valence-corrected chi connectivity index (χ1v) is 8.52. The van der Waals surface area contributed by atoms with E-state index in [4.69, 9.17) is 9.47 Å². The number of halogens is 2. The number of carbonyl (C=O) groups excluding carboxylic acids is 1. The molecule has 0 unspecified atom stereocenters. The number of amides is 1. The van der Waals surface area contributed by atoms with Gasteiger partial charge in [0.25, 0.3) is 15.9 Å². The summed E-state index contributed by atoms with van der Waals surface area (Å²) in [6, 6.07) is 6.40. The molecule has 0 saturated heterocycles. The molecule has 0 bridgehead atoms. The number of nitrogens with one attached hydrogen (secondary N) is 2. The monoisotopic (exact) mass is 370 g/mol. The summed E-state index contributed by atoms with van der Waals surface area (Å²) in [5, 5.41) is 0.